The van der Waals surface area contributed by atoms with E-state index in [2.05, 4.69) is 35.5 Å². The zero-order valence-corrected chi connectivity index (χ0v) is 12.9. The van der Waals surface area contributed by atoms with Crippen LogP contribution in [-0.4, -0.2) is 30.1 Å². The van der Waals surface area contributed by atoms with Crippen LogP contribution in [0.3, 0.4) is 0 Å². The largest absolute Gasteiger partial charge is 0.311 e. The fourth-order valence-electron chi connectivity index (χ4n) is 4.60. The molecule has 1 aliphatic carbocycles. The zero-order valence-electron chi connectivity index (χ0n) is 12.1. The van der Waals surface area contributed by atoms with Crippen molar-refractivity contribution in [3.63, 3.8) is 0 Å². The van der Waals surface area contributed by atoms with E-state index in [1.165, 1.54) is 49.7 Å². The van der Waals surface area contributed by atoms with Crippen LogP contribution in [0.1, 0.15) is 49.3 Å². The third-order valence-corrected chi connectivity index (χ3v) is 5.90. The van der Waals surface area contributed by atoms with E-state index in [1.807, 2.05) is 0 Å². The third kappa shape index (κ3) is 2.18. The van der Waals surface area contributed by atoms with Crippen LogP contribution >= 0.6 is 11.6 Å². The lowest BCUT2D eigenvalue weighted by Crippen LogP contribution is -2.47. The minimum absolute atomic E-state index is 0.602. The van der Waals surface area contributed by atoms with Crippen LogP contribution < -0.4 is 5.32 Å². The number of benzene rings is 1. The summed E-state index contributed by atoms with van der Waals surface area (Å²) in [6.45, 7) is 0. The lowest BCUT2D eigenvalue weighted by atomic mass is 9.96. The SMILES string of the molecule is CN(C1CC2CCC(C1)N2)C1CCc2cc(Cl)ccc21. The van der Waals surface area contributed by atoms with Crippen molar-refractivity contribution >= 4 is 11.6 Å². The number of halogens is 1. The fraction of sp³-hybridized carbons (Fsp3) is 0.647. The molecule has 20 heavy (non-hydrogen) atoms. The van der Waals surface area contributed by atoms with E-state index in [0.717, 1.165) is 23.1 Å². The van der Waals surface area contributed by atoms with Gasteiger partial charge in [0.05, 0.1) is 0 Å². The van der Waals surface area contributed by atoms with Crippen LogP contribution in [0.25, 0.3) is 0 Å². The van der Waals surface area contributed by atoms with Crippen LogP contribution in [0.2, 0.25) is 5.02 Å². The Bertz CT molecular complexity index is 504. The van der Waals surface area contributed by atoms with Gasteiger partial charge in [-0.05, 0) is 68.8 Å². The molecule has 2 bridgehead atoms. The van der Waals surface area contributed by atoms with E-state index in [9.17, 15) is 0 Å². The Hall–Kier alpha value is -0.570. The van der Waals surface area contributed by atoms with Gasteiger partial charge in [0.2, 0.25) is 0 Å². The average molecular weight is 291 g/mol. The smallest absolute Gasteiger partial charge is 0.0408 e. The van der Waals surface area contributed by atoms with E-state index >= 15 is 0 Å². The molecule has 0 radical (unpaired) electrons. The van der Waals surface area contributed by atoms with Crippen LogP contribution in [0, 0.1) is 0 Å². The summed E-state index contributed by atoms with van der Waals surface area (Å²) in [7, 11) is 2.34. The van der Waals surface area contributed by atoms with Crippen LogP contribution in [0.4, 0.5) is 0 Å². The number of hydrogen-bond donors (Lipinski definition) is 1. The van der Waals surface area contributed by atoms with Crippen LogP contribution in [0.5, 0.6) is 0 Å². The number of nitrogens with zero attached hydrogens (tertiary/aromatic N) is 1. The number of fused-ring (bicyclic) bond motifs is 3. The van der Waals surface area contributed by atoms with E-state index < -0.39 is 0 Å². The predicted octanol–water partition coefficient (Wildman–Crippen LogP) is 3.54. The van der Waals surface area contributed by atoms with E-state index in [-0.39, 0.29) is 0 Å². The van der Waals surface area contributed by atoms with Gasteiger partial charge in [-0.2, -0.15) is 0 Å². The Balaban J connectivity index is 1.54. The van der Waals surface area contributed by atoms with E-state index in [0.29, 0.717) is 6.04 Å². The lowest BCUT2D eigenvalue weighted by Gasteiger charge is -2.39. The molecule has 4 rings (SSSR count). The zero-order chi connectivity index (χ0) is 13.7. The summed E-state index contributed by atoms with van der Waals surface area (Å²) in [6.07, 6.45) is 7.85. The highest BCUT2D eigenvalue weighted by Crippen LogP contribution is 2.40. The first-order chi connectivity index (χ1) is 9.70. The molecule has 3 atom stereocenters. The molecule has 2 fully saturated rings. The van der Waals surface area contributed by atoms with Crippen molar-refractivity contribution in [2.75, 3.05) is 7.05 Å². The van der Waals surface area contributed by atoms with Crippen molar-refractivity contribution in [1.29, 1.82) is 0 Å². The number of rotatable bonds is 2. The topological polar surface area (TPSA) is 15.3 Å². The molecule has 0 aromatic heterocycles. The first kappa shape index (κ1) is 13.1. The summed E-state index contributed by atoms with van der Waals surface area (Å²) >= 11 is 6.12. The maximum atomic E-state index is 6.12. The van der Waals surface area contributed by atoms with E-state index in [1.54, 1.807) is 0 Å². The molecule has 3 heteroatoms. The van der Waals surface area contributed by atoms with Gasteiger partial charge < -0.3 is 5.32 Å². The molecule has 2 nitrogen and oxygen atoms in total. The number of aryl methyl sites for hydroxylation is 1. The van der Waals surface area contributed by atoms with E-state index in [4.69, 9.17) is 11.6 Å². The number of hydrogen-bond acceptors (Lipinski definition) is 2. The summed E-state index contributed by atoms with van der Waals surface area (Å²) in [5, 5.41) is 4.63. The van der Waals surface area contributed by atoms with Crippen molar-refractivity contribution in [1.82, 2.24) is 10.2 Å². The summed E-state index contributed by atoms with van der Waals surface area (Å²) in [5.41, 5.74) is 2.98. The van der Waals surface area contributed by atoms with Gasteiger partial charge in [-0.1, -0.05) is 17.7 Å². The van der Waals surface area contributed by atoms with Gasteiger partial charge in [0, 0.05) is 29.2 Å². The number of piperidine rings is 1. The maximum Gasteiger partial charge on any atom is 0.0408 e. The minimum atomic E-state index is 0.602. The lowest BCUT2D eigenvalue weighted by molar-refractivity contribution is 0.124. The molecule has 2 heterocycles. The molecule has 3 aliphatic rings. The molecule has 2 saturated heterocycles. The second kappa shape index (κ2) is 5.01. The van der Waals surface area contributed by atoms with Gasteiger partial charge in [-0.15, -0.1) is 0 Å². The average Bonchev–Trinajstić information content (AvgIpc) is 3.00. The molecule has 3 unspecified atom stereocenters. The molecular formula is C17H23ClN2. The highest BCUT2D eigenvalue weighted by molar-refractivity contribution is 6.30. The third-order valence-electron chi connectivity index (χ3n) is 5.67. The Morgan fingerprint density at radius 2 is 1.90 bits per heavy atom. The quantitative estimate of drug-likeness (QED) is 0.896. The van der Waals surface area contributed by atoms with Gasteiger partial charge in [-0.25, -0.2) is 0 Å². The molecule has 1 N–H and O–H groups in total. The molecule has 1 aromatic rings. The molecule has 1 aromatic carbocycles. The second-order valence-electron chi connectivity index (χ2n) is 6.83. The molecule has 2 aliphatic heterocycles. The summed E-state index contributed by atoms with van der Waals surface area (Å²) < 4.78 is 0. The van der Waals surface area contributed by atoms with Gasteiger partial charge in [0.25, 0.3) is 0 Å². The summed E-state index contributed by atoms with van der Waals surface area (Å²) in [6, 6.07) is 9.36. The van der Waals surface area contributed by atoms with Crippen molar-refractivity contribution in [2.45, 2.75) is 62.7 Å². The second-order valence-corrected chi connectivity index (χ2v) is 7.26. The normalized spacial score (nSPS) is 35.5. The monoisotopic (exact) mass is 290 g/mol. The van der Waals surface area contributed by atoms with Crippen LogP contribution in [0.15, 0.2) is 18.2 Å². The summed E-state index contributed by atoms with van der Waals surface area (Å²) in [5.74, 6) is 0. The van der Waals surface area contributed by atoms with Gasteiger partial charge in [0.15, 0.2) is 0 Å². The van der Waals surface area contributed by atoms with Crippen molar-refractivity contribution < 1.29 is 0 Å². The van der Waals surface area contributed by atoms with Gasteiger partial charge in [-0.3, -0.25) is 4.90 Å². The minimum Gasteiger partial charge on any atom is -0.311 e. The Labute approximate surface area is 126 Å². The predicted molar refractivity (Wildman–Crippen MR) is 83.2 cm³/mol. The van der Waals surface area contributed by atoms with Crippen molar-refractivity contribution in [3.8, 4) is 0 Å². The Morgan fingerprint density at radius 1 is 1.15 bits per heavy atom. The molecule has 108 valence electrons. The first-order valence-electron chi connectivity index (χ1n) is 7.97. The molecular weight excluding hydrogens is 268 g/mol. The highest BCUT2D eigenvalue weighted by atomic mass is 35.5. The Kier molecular flexibility index (Phi) is 3.29. The molecule has 0 saturated carbocycles. The molecule has 0 amide bonds. The van der Waals surface area contributed by atoms with Crippen molar-refractivity contribution in [2.24, 2.45) is 0 Å². The molecule has 0 spiro atoms. The Morgan fingerprint density at radius 3 is 2.65 bits per heavy atom. The summed E-state index contributed by atoms with van der Waals surface area (Å²) in [4.78, 5) is 2.66. The van der Waals surface area contributed by atoms with Gasteiger partial charge >= 0.3 is 0 Å². The first-order valence-corrected chi connectivity index (χ1v) is 8.35. The maximum absolute atomic E-state index is 6.12. The standard InChI is InChI=1S/C17H23ClN2/c1-20(15-9-13-4-5-14(10-15)19-13)17-7-2-11-8-12(18)3-6-16(11)17/h3,6,8,13-15,17,19H,2,4-5,7,9-10H2,1H3. The number of nitrogens with one attached hydrogen (secondary N) is 1. The highest BCUT2D eigenvalue weighted by Gasteiger charge is 2.38. The van der Waals surface area contributed by atoms with Crippen molar-refractivity contribution in [3.05, 3.63) is 34.3 Å². The van der Waals surface area contributed by atoms with Crippen LogP contribution in [-0.2, 0) is 6.42 Å². The fourth-order valence-corrected chi connectivity index (χ4v) is 4.80. The van der Waals surface area contributed by atoms with Gasteiger partial charge in [0.1, 0.15) is 0 Å².